The third-order valence-corrected chi connectivity index (χ3v) is 7.78. The van der Waals surface area contributed by atoms with Crippen LogP contribution in [0.4, 0.5) is 4.39 Å². The zero-order chi connectivity index (χ0) is 27.4. The minimum absolute atomic E-state index is 0.0934. The standard InChI is InChI=1S/C31H38FN5O2/c1-21-3-5-22(6-4-21)20-34-31(39)27(19-30(38)33-11-12-37-15-13-36(2)14-16-37)23-7-9-25-26-10-8-24(32)18-29(26)35-28(25)17-23/h3-10,17-18,27,31,34-35,39H,11-16,19-20H2,1-2H3,(H,33,38). The van der Waals surface area contributed by atoms with Crippen molar-refractivity contribution in [2.24, 2.45) is 0 Å². The predicted molar refractivity (Wildman–Crippen MR) is 154 cm³/mol. The molecule has 2 unspecified atom stereocenters. The van der Waals surface area contributed by atoms with E-state index in [1.54, 1.807) is 6.07 Å². The molecule has 39 heavy (non-hydrogen) atoms. The number of benzene rings is 3. The fourth-order valence-electron chi connectivity index (χ4n) is 5.31. The Morgan fingerprint density at radius 1 is 1.00 bits per heavy atom. The van der Waals surface area contributed by atoms with E-state index in [-0.39, 0.29) is 18.1 Å². The molecule has 1 amide bonds. The number of H-pyrrole nitrogens is 1. The van der Waals surface area contributed by atoms with E-state index in [2.05, 4.69) is 32.5 Å². The van der Waals surface area contributed by atoms with Crippen LogP contribution in [0, 0.1) is 12.7 Å². The lowest BCUT2D eigenvalue weighted by Gasteiger charge is -2.32. The van der Waals surface area contributed by atoms with Crippen LogP contribution >= 0.6 is 0 Å². The van der Waals surface area contributed by atoms with Crippen LogP contribution in [0.15, 0.2) is 60.7 Å². The van der Waals surface area contributed by atoms with Crippen LogP contribution in [0.3, 0.4) is 0 Å². The normalized spacial score (nSPS) is 16.5. The minimum Gasteiger partial charge on any atom is -0.378 e. The number of halogens is 1. The van der Waals surface area contributed by atoms with Crippen LogP contribution in [0.2, 0.25) is 0 Å². The molecule has 1 saturated heterocycles. The molecule has 0 bridgehead atoms. The molecule has 0 radical (unpaired) electrons. The third-order valence-electron chi connectivity index (χ3n) is 7.78. The van der Waals surface area contributed by atoms with Crippen molar-refractivity contribution in [3.8, 4) is 0 Å². The average molecular weight is 532 g/mol. The van der Waals surface area contributed by atoms with Crippen LogP contribution < -0.4 is 10.6 Å². The van der Waals surface area contributed by atoms with Gasteiger partial charge in [-0.25, -0.2) is 4.39 Å². The highest BCUT2D eigenvalue weighted by atomic mass is 19.1. The summed E-state index contributed by atoms with van der Waals surface area (Å²) in [6.45, 7) is 8.01. The summed E-state index contributed by atoms with van der Waals surface area (Å²) in [6, 6.07) is 18.8. The van der Waals surface area contributed by atoms with Crippen LogP contribution in [-0.2, 0) is 11.3 Å². The maximum atomic E-state index is 13.8. The van der Waals surface area contributed by atoms with Gasteiger partial charge < -0.3 is 20.3 Å². The monoisotopic (exact) mass is 531 g/mol. The Morgan fingerprint density at radius 3 is 2.44 bits per heavy atom. The van der Waals surface area contributed by atoms with E-state index >= 15 is 0 Å². The number of aliphatic hydroxyl groups excluding tert-OH is 1. The Balaban J connectivity index is 1.30. The fraction of sp³-hybridized carbons (Fsp3) is 0.387. The van der Waals surface area contributed by atoms with Crippen molar-refractivity contribution in [1.82, 2.24) is 25.4 Å². The number of likely N-dealkylation sites (N-methyl/N-ethyl adjacent to an activating group) is 1. The summed E-state index contributed by atoms with van der Waals surface area (Å²) in [7, 11) is 2.13. The van der Waals surface area contributed by atoms with Gasteiger partial charge in [0.05, 0.1) is 0 Å². The lowest BCUT2D eigenvalue weighted by Crippen LogP contribution is -2.47. The van der Waals surface area contributed by atoms with E-state index in [0.717, 1.165) is 65.7 Å². The molecule has 4 N–H and O–H groups in total. The van der Waals surface area contributed by atoms with Gasteiger partial charge in [-0.2, -0.15) is 0 Å². The zero-order valence-corrected chi connectivity index (χ0v) is 22.7. The van der Waals surface area contributed by atoms with Crippen molar-refractivity contribution >= 4 is 27.7 Å². The molecule has 3 aromatic carbocycles. The molecular weight excluding hydrogens is 493 g/mol. The number of aromatic amines is 1. The summed E-state index contributed by atoms with van der Waals surface area (Å²) in [5.74, 6) is -0.855. The molecule has 7 nitrogen and oxygen atoms in total. The number of aliphatic hydroxyl groups is 1. The number of nitrogens with zero attached hydrogens (tertiary/aromatic N) is 2. The summed E-state index contributed by atoms with van der Waals surface area (Å²) in [5.41, 5.74) is 4.64. The quantitative estimate of drug-likeness (QED) is 0.235. The van der Waals surface area contributed by atoms with E-state index in [0.29, 0.717) is 13.1 Å². The number of piperazine rings is 1. The van der Waals surface area contributed by atoms with Crippen molar-refractivity contribution < 1.29 is 14.3 Å². The Morgan fingerprint density at radius 2 is 1.69 bits per heavy atom. The Kier molecular flexibility index (Phi) is 8.57. The second-order valence-electron chi connectivity index (χ2n) is 10.7. The lowest BCUT2D eigenvalue weighted by atomic mass is 9.92. The molecule has 0 aliphatic carbocycles. The topological polar surface area (TPSA) is 83.6 Å². The summed E-state index contributed by atoms with van der Waals surface area (Å²) in [6.07, 6.45) is -0.792. The van der Waals surface area contributed by atoms with Gasteiger partial charge in [0.25, 0.3) is 0 Å². The van der Waals surface area contributed by atoms with Crippen LogP contribution in [-0.4, -0.2) is 78.3 Å². The van der Waals surface area contributed by atoms with Gasteiger partial charge in [0.15, 0.2) is 0 Å². The number of hydrogen-bond donors (Lipinski definition) is 4. The number of nitrogens with one attached hydrogen (secondary N) is 3. The summed E-state index contributed by atoms with van der Waals surface area (Å²) in [5, 5.41) is 19.5. The number of fused-ring (bicyclic) bond motifs is 3. The number of rotatable bonds is 10. The van der Waals surface area contributed by atoms with Gasteiger partial charge in [0.1, 0.15) is 12.0 Å². The first-order valence-electron chi connectivity index (χ1n) is 13.7. The Labute approximate surface area is 229 Å². The van der Waals surface area contributed by atoms with Gasteiger partial charge in [0.2, 0.25) is 5.91 Å². The van der Waals surface area contributed by atoms with E-state index < -0.39 is 12.1 Å². The van der Waals surface area contributed by atoms with Gasteiger partial charge in [-0.05, 0) is 49.4 Å². The van der Waals surface area contributed by atoms with E-state index in [1.165, 1.54) is 17.7 Å². The molecule has 1 fully saturated rings. The van der Waals surface area contributed by atoms with Crippen LogP contribution in [0.25, 0.3) is 21.8 Å². The van der Waals surface area contributed by atoms with Crippen molar-refractivity contribution in [3.63, 3.8) is 0 Å². The molecule has 0 spiro atoms. The molecular formula is C31H38FN5O2. The highest BCUT2D eigenvalue weighted by Gasteiger charge is 2.25. The second kappa shape index (κ2) is 12.3. The number of carbonyl (C=O) groups excluding carboxylic acids is 1. The highest BCUT2D eigenvalue weighted by Crippen LogP contribution is 2.31. The van der Waals surface area contributed by atoms with E-state index in [4.69, 9.17) is 0 Å². The molecule has 2 atom stereocenters. The van der Waals surface area contributed by atoms with Gasteiger partial charge in [-0.15, -0.1) is 0 Å². The van der Waals surface area contributed by atoms with Gasteiger partial charge in [0, 0.05) is 80.0 Å². The smallest absolute Gasteiger partial charge is 0.220 e. The number of amides is 1. The van der Waals surface area contributed by atoms with Crippen molar-refractivity contribution in [3.05, 3.63) is 83.2 Å². The van der Waals surface area contributed by atoms with Crippen molar-refractivity contribution in [2.45, 2.75) is 32.0 Å². The molecule has 206 valence electrons. The van der Waals surface area contributed by atoms with E-state index in [9.17, 15) is 14.3 Å². The molecule has 8 heteroatoms. The van der Waals surface area contributed by atoms with Gasteiger partial charge in [-0.1, -0.05) is 42.0 Å². The predicted octanol–water partition coefficient (Wildman–Crippen LogP) is 3.71. The first-order chi connectivity index (χ1) is 18.9. The minimum atomic E-state index is -0.936. The summed E-state index contributed by atoms with van der Waals surface area (Å²) >= 11 is 0. The average Bonchev–Trinajstić information content (AvgIpc) is 3.29. The van der Waals surface area contributed by atoms with Gasteiger partial charge in [-0.3, -0.25) is 15.0 Å². The lowest BCUT2D eigenvalue weighted by molar-refractivity contribution is -0.122. The van der Waals surface area contributed by atoms with Crippen molar-refractivity contribution in [1.29, 1.82) is 0 Å². The SMILES string of the molecule is Cc1ccc(CNC(O)C(CC(=O)NCCN2CCN(C)CC2)c2ccc3c(c2)[nH]c2cc(F)ccc23)cc1. The third kappa shape index (κ3) is 6.83. The number of hydrogen-bond acceptors (Lipinski definition) is 5. The molecule has 4 aromatic rings. The Hall–Kier alpha value is -3.30. The largest absolute Gasteiger partial charge is 0.378 e. The second-order valence-corrected chi connectivity index (χ2v) is 10.7. The van der Waals surface area contributed by atoms with Gasteiger partial charge >= 0.3 is 0 Å². The molecule has 1 aromatic heterocycles. The van der Waals surface area contributed by atoms with Crippen LogP contribution in [0.5, 0.6) is 0 Å². The molecule has 2 heterocycles. The number of carbonyl (C=O) groups is 1. The summed E-state index contributed by atoms with van der Waals surface area (Å²) in [4.78, 5) is 21.0. The zero-order valence-electron chi connectivity index (χ0n) is 22.7. The first-order valence-corrected chi connectivity index (χ1v) is 13.7. The Bertz CT molecular complexity index is 1410. The van der Waals surface area contributed by atoms with E-state index in [1.807, 2.05) is 49.4 Å². The maximum absolute atomic E-state index is 13.8. The maximum Gasteiger partial charge on any atom is 0.220 e. The van der Waals surface area contributed by atoms with Crippen LogP contribution in [0.1, 0.15) is 29.0 Å². The molecule has 1 aliphatic rings. The van der Waals surface area contributed by atoms with Crippen molar-refractivity contribution in [2.75, 3.05) is 46.3 Å². The first kappa shape index (κ1) is 27.3. The molecule has 0 saturated carbocycles. The number of aromatic nitrogens is 1. The fourth-order valence-corrected chi connectivity index (χ4v) is 5.31. The molecule has 1 aliphatic heterocycles. The molecule has 5 rings (SSSR count). The highest BCUT2D eigenvalue weighted by molar-refractivity contribution is 6.07. The number of aryl methyl sites for hydroxylation is 1. The summed E-state index contributed by atoms with van der Waals surface area (Å²) < 4.78 is 13.8.